The van der Waals surface area contributed by atoms with E-state index in [1.807, 2.05) is 0 Å². The fraction of sp³-hybridized carbons (Fsp3) is 0.429. The van der Waals surface area contributed by atoms with Crippen LogP contribution < -0.4 is 0 Å². The Labute approximate surface area is 59.0 Å². The summed E-state index contributed by atoms with van der Waals surface area (Å²) in [5, 5.41) is 8.87. The summed E-state index contributed by atoms with van der Waals surface area (Å²) in [5.74, 6) is 1.53. The van der Waals surface area contributed by atoms with Crippen LogP contribution in [-0.4, -0.2) is 29.2 Å². The topological polar surface area (TPSA) is 46.5 Å². The molecule has 1 aliphatic rings. The molecule has 1 aliphatic heterocycles. The summed E-state index contributed by atoms with van der Waals surface area (Å²) in [7, 11) is 0. The predicted octanol–water partition coefficient (Wildman–Crippen LogP) is -0.972. The highest BCUT2D eigenvalue weighted by atomic mass is 16.5. The Morgan fingerprint density at radius 3 is 2.50 bits per heavy atom. The van der Waals surface area contributed by atoms with E-state index in [-0.39, 0.29) is 0 Å². The Bertz CT molecular complexity index is 192. The Kier molecular flexibility index (Phi) is 1.75. The summed E-state index contributed by atoms with van der Waals surface area (Å²) in [4.78, 5) is 10.7. The zero-order chi connectivity index (χ0) is 7.72. The molecule has 0 saturated carbocycles. The third-order valence-electron chi connectivity index (χ3n) is 1.31. The fourth-order valence-electron chi connectivity index (χ4n) is 0.737. The summed E-state index contributed by atoms with van der Waals surface area (Å²) in [5.41, 5.74) is 0. The second kappa shape index (κ2) is 2.41. The van der Waals surface area contributed by atoms with Gasteiger partial charge in [0.1, 0.15) is 6.10 Å². The van der Waals surface area contributed by atoms with Crippen molar-refractivity contribution in [3.63, 3.8) is 0 Å². The first-order chi connectivity index (χ1) is 4.66. The van der Waals surface area contributed by atoms with Gasteiger partial charge in [-0.05, 0) is 6.92 Å². The van der Waals surface area contributed by atoms with Crippen LogP contribution in [0.15, 0.2) is 0 Å². The first-order valence-corrected chi connectivity index (χ1v) is 2.76. The normalized spacial score (nSPS) is 39.7. The molecule has 1 saturated heterocycles. The SMILES string of the molecule is [CH][C@@H]1O[C@H](C#C)C(=O)C1O. The molecule has 52 valence electrons. The largest absolute Gasteiger partial charge is 0.382 e. The van der Waals surface area contributed by atoms with Gasteiger partial charge < -0.3 is 9.84 Å². The van der Waals surface area contributed by atoms with E-state index in [1.165, 1.54) is 0 Å². The highest BCUT2D eigenvalue weighted by Gasteiger charge is 2.38. The number of terminal acetylenes is 1. The number of aliphatic hydroxyl groups is 1. The molecule has 0 amide bonds. The number of carbonyl (C=O) groups is 1. The van der Waals surface area contributed by atoms with E-state index in [0.29, 0.717) is 0 Å². The van der Waals surface area contributed by atoms with Crippen LogP contribution in [-0.2, 0) is 9.53 Å². The van der Waals surface area contributed by atoms with Crippen LogP contribution in [0, 0.1) is 19.3 Å². The lowest BCUT2D eigenvalue weighted by Gasteiger charge is -2.01. The minimum Gasteiger partial charge on any atom is -0.382 e. The van der Waals surface area contributed by atoms with E-state index >= 15 is 0 Å². The monoisotopic (exact) mass is 138 g/mol. The van der Waals surface area contributed by atoms with Crippen LogP contribution in [0.3, 0.4) is 0 Å². The summed E-state index contributed by atoms with van der Waals surface area (Å²) < 4.78 is 4.68. The van der Waals surface area contributed by atoms with Crippen molar-refractivity contribution in [3.8, 4) is 12.3 Å². The van der Waals surface area contributed by atoms with Crippen LogP contribution in [0.25, 0.3) is 0 Å². The standard InChI is InChI=1S/C7H6O3/c1-3-5-7(9)6(8)4(2)10-5/h1-2,4-6,8H/t4-,5+,6?/m0/s1. The van der Waals surface area contributed by atoms with E-state index in [2.05, 4.69) is 10.7 Å². The zero-order valence-electron chi connectivity index (χ0n) is 5.15. The van der Waals surface area contributed by atoms with Gasteiger partial charge >= 0.3 is 0 Å². The summed E-state index contributed by atoms with van der Waals surface area (Å²) in [6, 6.07) is 0. The Hall–Kier alpha value is -0.850. The molecule has 1 N–H and O–H groups in total. The van der Waals surface area contributed by atoms with Crippen molar-refractivity contribution in [2.24, 2.45) is 0 Å². The number of hydrogen-bond donors (Lipinski definition) is 1. The minimum absolute atomic E-state index is 0.532. The first-order valence-electron chi connectivity index (χ1n) is 2.76. The maximum Gasteiger partial charge on any atom is 0.204 e. The Balaban J connectivity index is 2.73. The van der Waals surface area contributed by atoms with Crippen molar-refractivity contribution >= 4 is 5.78 Å². The smallest absolute Gasteiger partial charge is 0.204 e. The molecule has 0 aromatic heterocycles. The van der Waals surface area contributed by atoms with Gasteiger partial charge in [-0.1, -0.05) is 5.92 Å². The summed E-state index contributed by atoms with van der Waals surface area (Å²) >= 11 is 0. The molecule has 1 rings (SSSR count). The molecule has 3 heteroatoms. The maximum atomic E-state index is 10.7. The van der Waals surface area contributed by atoms with Crippen molar-refractivity contribution in [2.45, 2.75) is 18.3 Å². The second-order valence-electron chi connectivity index (χ2n) is 1.99. The molecule has 0 spiro atoms. The molecule has 1 unspecified atom stereocenters. The molecule has 3 nitrogen and oxygen atoms in total. The van der Waals surface area contributed by atoms with E-state index in [9.17, 15) is 4.79 Å². The molecular weight excluding hydrogens is 132 g/mol. The third kappa shape index (κ3) is 0.919. The average molecular weight is 138 g/mol. The summed E-state index contributed by atoms with van der Waals surface area (Å²) in [6.45, 7) is 5.15. The minimum atomic E-state index is -1.26. The lowest BCUT2D eigenvalue weighted by Crippen LogP contribution is -2.25. The van der Waals surface area contributed by atoms with Crippen molar-refractivity contribution in [3.05, 3.63) is 6.92 Å². The van der Waals surface area contributed by atoms with E-state index < -0.39 is 24.1 Å². The second-order valence-corrected chi connectivity index (χ2v) is 1.99. The highest BCUT2D eigenvalue weighted by molar-refractivity contribution is 5.92. The fourth-order valence-corrected chi connectivity index (χ4v) is 0.737. The highest BCUT2D eigenvalue weighted by Crippen LogP contribution is 2.14. The number of Topliss-reactive ketones (excluding diaryl/α,β-unsaturated/α-hetero) is 1. The number of hydrogen-bond acceptors (Lipinski definition) is 3. The predicted molar refractivity (Wildman–Crippen MR) is 32.8 cm³/mol. The average Bonchev–Trinajstić information content (AvgIpc) is 2.17. The van der Waals surface area contributed by atoms with Gasteiger partial charge in [0.25, 0.3) is 0 Å². The molecule has 0 aliphatic carbocycles. The number of aliphatic hydroxyl groups excluding tert-OH is 1. The zero-order valence-corrected chi connectivity index (χ0v) is 5.15. The van der Waals surface area contributed by atoms with Crippen molar-refractivity contribution in [2.75, 3.05) is 0 Å². The molecule has 1 heterocycles. The van der Waals surface area contributed by atoms with Gasteiger partial charge in [0.2, 0.25) is 5.78 Å². The third-order valence-corrected chi connectivity index (χ3v) is 1.31. The molecule has 2 radical (unpaired) electrons. The van der Waals surface area contributed by atoms with Crippen molar-refractivity contribution in [1.29, 1.82) is 0 Å². The van der Waals surface area contributed by atoms with E-state index in [4.69, 9.17) is 18.5 Å². The van der Waals surface area contributed by atoms with Gasteiger partial charge in [-0.2, -0.15) is 0 Å². The van der Waals surface area contributed by atoms with Gasteiger partial charge in [0.05, 0.1) is 6.10 Å². The van der Waals surface area contributed by atoms with Crippen LogP contribution in [0.1, 0.15) is 0 Å². The Morgan fingerprint density at radius 1 is 1.70 bits per heavy atom. The molecule has 10 heavy (non-hydrogen) atoms. The quantitative estimate of drug-likeness (QED) is 0.438. The van der Waals surface area contributed by atoms with Gasteiger partial charge in [0.15, 0.2) is 6.10 Å². The van der Waals surface area contributed by atoms with Crippen LogP contribution in [0.4, 0.5) is 0 Å². The van der Waals surface area contributed by atoms with Gasteiger partial charge in [-0.25, -0.2) is 0 Å². The van der Waals surface area contributed by atoms with Gasteiger partial charge in [-0.3, -0.25) is 4.79 Å². The lowest BCUT2D eigenvalue weighted by molar-refractivity contribution is -0.125. The van der Waals surface area contributed by atoms with Crippen LogP contribution in [0.5, 0.6) is 0 Å². The van der Waals surface area contributed by atoms with Gasteiger partial charge in [0, 0.05) is 0 Å². The van der Waals surface area contributed by atoms with Gasteiger partial charge in [-0.15, -0.1) is 6.42 Å². The van der Waals surface area contributed by atoms with E-state index in [1.54, 1.807) is 0 Å². The van der Waals surface area contributed by atoms with E-state index in [0.717, 1.165) is 0 Å². The maximum absolute atomic E-state index is 10.7. The number of carbonyl (C=O) groups excluding carboxylic acids is 1. The molecule has 3 atom stereocenters. The molecule has 0 aromatic carbocycles. The first kappa shape index (κ1) is 7.26. The van der Waals surface area contributed by atoms with Crippen molar-refractivity contribution < 1.29 is 14.6 Å². The summed E-state index contributed by atoms with van der Waals surface area (Å²) in [6.07, 6.45) is 1.69. The molecule has 0 bridgehead atoms. The molecule has 0 aromatic rings. The number of rotatable bonds is 0. The number of ether oxygens (including phenoxy) is 1. The Morgan fingerprint density at radius 2 is 2.30 bits per heavy atom. The molecule has 1 fully saturated rings. The lowest BCUT2D eigenvalue weighted by atomic mass is 10.1. The number of ketones is 1. The van der Waals surface area contributed by atoms with Crippen LogP contribution in [0.2, 0.25) is 0 Å². The van der Waals surface area contributed by atoms with Crippen molar-refractivity contribution in [1.82, 2.24) is 0 Å². The van der Waals surface area contributed by atoms with Crippen LogP contribution >= 0.6 is 0 Å². The molecular formula is C7H6O3.